The maximum absolute atomic E-state index is 11.6. The predicted molar refractivity (Wildman–Crippen MR) is 69.4 cm³/mol. The van der Waals surface area contributed by atoms with E-state index in [1.807, 2.05) is 4.98 Å². The number of aliphatic hydroxyl groups excluding tert-OH is 1. The molecule has 2 aromatic rings. The SMILES string of the molecule is O=c1[nH]c(=O)n(Cc2ccc(CO)cc2)cc1[N+](=O)[O-]. The van der Waals surface area contributed by atoms with Crippen LogP contribution in [-0.2, 0) is 13.2 Å². The molecule has 0 bridgehead atoms. The zero-order valence-electron chi connectivity index (χ0n) is 10.3. The molecule has 8 nitrogen and oxygen atoms in total. The maximum Gasteiger partial charge on any atom is 0.350 e. The van der Waals surface area contributed by atoms with E-state index in [1.165, 1.54) is 0 Å². The topological polar surface area (TPSA) is 118 Å². The molecule has 0 radical (unpaired) electrons. The monoisotopic (exact) mass is 277 g/mol. The number of rotatable bonds is 4. The smallest absolute Gasteiger partial charge is 0.350 e. The van der Waals surface area contributed by atoms with Crippen LogP contribution in [-0.4, -0.2) is 19.6 Å². The van der Waals surface area contributed by atoms with Gasteiger partial charge in [0.05, 0.1) is 24.3 Å². The Morgan fingerprint density at radius 2 is 1.80 bits per heavy atom. The van der Waals surface area contributed by atoms with Gasteiger partial charge in [0.25, 0.3) is 0 Å². The summed E-state index contributed by atoms with van der Waals surface area (Å²) in [6.45, 7) is -0.00742. The number of nitrogens with zero attached hydrogens (tertiary/aromatic N) is 2. The quantitative estimate of drug-likeness (QED) is 0.601. The molecule has 8 heteroatoms. The van der Waals surface area contributed by atoms with E-state index in [0.717, 1.165) is 10.8 Å². The minimum Gasteiger partial charge on any atom is -0.392 e. The molecule has 0 aliphatic heterocycles. The molecule has 2 N–H and O–H groups in total. The van der Waals surface area contributed by atoms with Gasteiger partial charge in [-0.3, -0.25) is 24.5 Å². The Balaban J connectivity index is 2.37. The third-order valence-electron chi connectivity index (χ3n) is 2.75. The van der Waals surface area contributed by atoms with Crippen molar-refractivity contribution in [3.05, 3.63) is 72.5 Å². The molecule has 0 fully saturated rings. The predicted octanol–water partition coefficient (Wildman–Crippen LogP) is -0.0146. The van der Waals surface area contributed by atoms with Crippen LogP contribution >= 0.6 is 0 Å². The standard InChI is InChI=1S/C12H11N3O5/c16-7-9-3-1-8(2-4-9)5-14-6-10(15(19)20)11(17)13-12(14)18/h1-4,6,16H,5,7H2,(H,13,17,18). The summed E-state index contributed by atoms with van der Waals surface area (Å²) in [4.78, 5) is 34.5. The first-order valence-electron chi connectivity index (χ1n) is 5.68. The number of nitro groups is 1. The minimum absolute atomic E-state index is 0.0855. The second kappa shape index (κ2) is 5.49. The van der Waals surface area contributed by atoms with Crippen molar-refractivity contribution >= 4 is 5.69 Å². The highest BCUT2D eigenvalue weighted by Gasteiger charge is 2.14. The van der Waals surface area contributed by atoms with Crippen molar-refractivity contribution in [3.63, 3.8) is 0 Å². The largest absolute Gasteiger partial charge is 0.392 e. The van der Waals surface area contributed by atoms with Gasteiger partial charge in [-0.05, 0) is 11.1 Å². The number of hydrogen-bond donors (Lipinski definition) is 2. The van der Waals surface area contributed by atoms with Gasteiger partial charge in [-0.15, -0.1) is 0 Å². The van der Waals surface area contributed by atoms with Crippen LogP contribution in [0.4, 0.5) is 5.69 Å². The second-order valence-corrected chi connectivity index (χ2v) is 4.13. The summed E-state index contributed by atoms with van der Waals surface area (Å²) in [5.41, 5.74) is -0.991. The number of nitrogens with one attached hydrogen (secondary N) is 1. The average molecular weight is 277 g/mol. The first kappa shape index (κ1) is 13.7. The van der Waals surface area contributed by atoms with Gasteiger partial charge in [0.2, 0.25) is 0 Å². The van der Waals surface area contributed by atoms with Gasteiger partial charge in [-0.1, -0.05) is 24.3 Å². The van der Waals surface area contributed by atoms with E-state index in [0.29, 0.717) is 11.1 Å². The van der Waals surface area contributed by atoms with Crippen molar-refractivity contribution in [1.29, 1.82) is 0 Å². The molecule has 0 saturated heterocycles. The first-order chi connectivity index (χ1) is 9.51. The highest BCUT2D eigenvalue weighted by molar-refractivity contribution is 5.24. The normalized spacial score (nSPS) is 10.4. The Morgan fingerprint density at radius 1 is 1.20 bits per heavy atom. The lowest BCUT2D eigenvalue weighted by Gasteiger charge is -2.05. The van der Waals surface area contributed by atoms with Gasteiger partial charge in [-0.2, -0.15) is 0 Å². The van der Waals surface area contributed by atoms with E-state index >= 15 is 0 Å². The molecule has 0 aliphatic rings. The van der Waals surface area contributed by atoms with E-state index in [-0.39, 0.29) is 13.2 Å². The third kappa shape index (κ3) is 2.81. The van der Waals surface area contributed by atoms with Crippen molar-refractivity contribution in [2.24, 2.45) is 0 Å². The molecule has 0 saturated carbocycles. The van der Waals surface area contributed by atoms with E-state index in [1.54, 1.807) is 24.3 Å². The van der Waals surface area contributed by atoms with E-state index in [4.69, 9.17) is 5.11 Å². The number of aromatic nitrogens is 2. The van der Waals surface area contributed by atoms with Gasteiger partial charge in [0.15, 0.2) is 0 Å². The molecule has 20 heavy (non-hydrogen) atoms. The summed E-state index contributed by atoms with van der Waals surface area (Å²) < 4.78 is 1.05. The molecular formula is C12H11N3O5. The van der Waals surface area contributed by atoms with Gasteiger partial charge < -0.3 is 5.11 Å². The molecule has 2 rings (SSSR count). The number of hydrogen-bond acceptors (Lipinski definition) is 5. The molecule has 0 atom stereocenters. The molecule has 1 aromatic heterocycles. The fourth-order valence-electron chi connectivity index (χ4n) is 1.69. The summed E-state index contributed by atoms with van der Waals surface area (Å²) in [7, 11) is 0. The highest BCUT2D eigenvalue weighted by Crippen LogP contribution is 2.06. The number of aromatic amines is 1. The molecule has 0 unspecified atom stereocenters. The molecule has 0 amide bonds. The van der Waals surface area contributed by atoms with Crippen molar-refractivity contribution in [3.8, 4) is 0 Å². The lowest BCUT2D eigenvalue weighted by Crippen LogP contribution is -2.31. The maximum atomic E-state index is 11.6. The van der Waals surface area contributed by atoms with Crippen LogP contribution in [0.15, 0.2) is 40.1 Å². The van der Waals surface area contributed by atoms with Crippen LogP contribution in [0, 0.1) is 10.1 Å². The Labute approximate surface area is 112 Å². The minimum atomic E-state index is -1.02. The van der Waals surface area contributed by atoms with Crippen LogP contribution in [0.3, 0.4) is 0 Å². The van der Waals surface area contributed by atoms with E-state index in [9.17, 15) is 19.7 Å². The lowest BCUT2D eigenvalue weighted by molar-refractivity contribution is -0.386. The van der Waals surface area contributed by atoms with Crippen LogP contribution in [0.1, 0.15) is 11.1 Å². The van der Waals surface area contributed by atoms with Crippen molar-refractivity contribution in [2.75, 3.05) is 0 Å². The molecule has 104 valence electrons. The zero-order chi connectivity index (χ0) is 14.7. The van der Waals surface area contributed by atoms with Crippen LogP contribution in [0.25, 0.3) is 0 Å². The zero-order valence-corrected chi connectivity index (χ0v) is 10.3. The van der Waals surface area contributed by atoms with Crippen LogP contribution in [0.2, 0.25) is 0 Å². The summed E-state index contributed by atoms with van der Waals surface area (Å²) in [6.07, 6.45) is 0.918. The van der Waals surface area contributed by atoms with Crippen molar-refractivity contribution in [2.45, 2.75) is 13.2 Å². The summed E-state index contributed by atoms with van der Waals surface area (Å²) >= 11 is 0. The average Bonchev–Trinajstić information content (AvgIpc) is 2.42. The van der Waals surface area contributed by atoms with Gasteiger partial charge >= 0.3 is 16.9 Å². The van der Waals surface area contributed by atoms with Gasteiger partial charge in [0, 0.05) is 0 Å². The van der Waals surface area contributed by atoms with E-state index in [2.05, 4.69) is 0 Å². The Hall–Kier alpha value is -2.74. The molecular weight excluding hydrogens is 266 g/mol. The Morgan fingerprint density at radius 3 is 2.35 bits per heavy atom. The van der Waals surface area contributed by atoms with Crippen molar-refractivity contribution in [1.82, 2.24) is 9.55 Å². The van der Waals surface area contributed by atoms with Crippen LogP contribution < -0.4 is 11.2 Å². The fourth-order valence-corrected chi connectivity index (χ4v) is 1.69. The fraction of sp³-hybridized carbons (Fsp3) is 0.167. The summed E-state index contributed by atoms with van der Waals surface area (Å²) in [5.74, 6) is 0. The second-order valence-electron chi connectivity index (χ2n) is 4.13. The third-order valence-corrected chi connectivity index (χ3v) is 2.75. The van der Waals surface area contributed by atoms with Gasteiger partial charge in [-0.25, -0.2) is 4.79 Å². The number of H-pyrrole nitrogens is 1. The van der Waals surface area contributed by atoms with Gasteiger partial charge in [0.1, 0.15) is 0 Å². The molecule has 1 aromatic carbocycles. The molecule has 0 aliphatic carbocycles. The van der Waals surface area contributed by atoms with Crippen molar-refractivity contribution < 1.29 is 10.0 Å². The Bertz CT molecular complexity index is 745. The summed E-state index contributed by atoms with van der Waals surface area (Å²) in [6, 6.07) is 6.74. The van der Waals surface area contributed by atoms with E-state index < -0.39 is 21.9 Å². The molecule has 0 spiro atoms. The van der Waals surface area contributed by atoms with Crippen LogP contribution in [0.5, 0.6) is 0 Å². The lowest BCUT2D eigenvalue weighted by atomic mass is 10.1. The first-order valence-corrected chi connectivity index (χ1v) is 5.68. The highest BCUT2D eigenvalue weighted by atomic mass is 16.6. The number of benzene rings is 1. The Kier molecular flexibility index (Phi) is 3.76. The molecule has 1 heterocycles. The summed E-state index contributed by atoms with van der Waals surface area (Å²) in [5, 5.41) is 19.6. The number of aliphatic hydroxyl groups is 1.